The molecule has 6 heteroatoms. The van der Waals surface area contributed by atoms with Crippen molar-refractivity contribution in [3.05, 3.63) is 53.8 Å². The number of hydrogen-bond acceptors (Lipinski definition) is 4. The molecule has 0 aliphatic carbocycles. The van der Waals surface area contributed by atoms with Gasteiger partial charge in [-0.05, 0) is 61.2 Å². The van der Waals surface area contributed by atoms with Gasteiger partial charge in [0, 0.05) is 0 Å². The highest BCUT2D eigenvalue weighted by molar-refractivity contribution is 5.91. The molecule has 0 fully saturated rings. The number of ether oxygens (including phenoxy) is 3. The van der Waals surface area contributed by atoms with E-state index < -0.39 is 18.0 Å². The molecule has 0 aromatic heterocycles. The van der Waals surface area contributed by atoms with Gasteiger partial charge in [0.1, 0.15) is 24.3 Å². The van der Waals surface area contributed by atoms with E-state index in [1.165, 1.54) is 50.7 Å². The molecule has 35 heavy (non-hydrogen) atoms. The molecule has 0 aliphatic rings. The van der Waals surface area contributed by atoms with Gasteiger partial charge in [-0.1, -0.05) is 65.7 Å². The number of halogens is 2. The number of rotatable bonds is 17. The monoisotopic (exact) mass is 490 g/mol. The normalized spacial score (nSPS) is 11.9. The van der Waals surface area contributed by atoms with Gasteiger partial charge < -0.3 is 14.2 Å². The number of alkyl halides is 1. The Bertz CT molecular complexity index is 867. The summed E-state index contributed by atoms with van der Waals surface area (Å²) < 4.78 is 44.4. The second-order valence-corrected chi connectivity index (χ2v) is 9.37. The first kappa shape index (κ1) is 28.6. The summed E-state index contributed by atoms with van der Waals surface area (Å²) in [6.07, 6.45) is 9.12. The van der Waals surface area contributed by atoms with Crippen LogP contribution in [0.15, 0.2) is 42.5 Å². The van der Waals surface area contributed by atoms with Crippen LogP contribution >= 0.6 is 0 Å². The number of carbonyl (C=O) groups excluding carboxylic acids is 1. The largest absolute Gasteiger partial charge is 0.494 e. The first-order valence-electron chi connectivity index (χ1n) is 12.9. The number of unbranched alkanes of at least 4 members (excludes halogenated alkanes) is 7. The maximum absolute atomic E-state index is 14.3. The van der Waals surface area contributed by atoms with E-state index in [4.69, 9.17) is 14.2 Å². The van der Waals surface area contributed by atoms with Crippen LogP contribution in [0.25, 0.3) is 0 Å². The van der Waals surface area contributed by atoms with Crippen LogP contribution in [0, 0.1) is 11.7 Å². The molecule has 194 valence electrons. The molecule has 1 atom stereocenters. The van der Waals surface area contributed by atoms with Gasteiger partial charge in [-0.3, -0.25) is 0 Å². The molecule has 0 spiro atoms. The fraction of sp³-hybridized carbons (Fsp3) is 0.552. The second-order valence-electron chi connectivity index (χ2n) is 9.37. The highest BCUT2D eigenvalue weighted by Gasteiger charge is 2.15. The zero-order chi connectivity index (χ0) is 25.5. The highest BCUT2D eigenvalue weighted by Crippen LogP contribution is 2.23. The average Bonchev–Trinajstić information content (AvgIpc) is 2.82. The highest BCUT2D eigenvalue weighted by atomic mass is 19.1. The fourth-order valence-electron chi connectivity index (χ4n) is 3.70. The summed E-state index contributed by atoms with van der Waals surface area (Å²) in [6.45, 7) is 6.47. The number of benzene rings is 2. The van der Waals surface area contributed by atoms with Crippen LogP contribution in [0.3, 0.4) is 0 Å². The minimum atomic E-state index is -1.17. The van der Waals surface area contributed by atoms with Crippen molar-refractivity contribution < 1.29 is 27.8 Å². The summed E-state index contributed by atoms with van der Waals surface area (Å²) in [7, 11) is 0. The molecule has 0 heterocycles. The lowest BCUT2D eigenvalue weighted by Gasteiger charge is -2.13. The molecule has 4 nitrogen and oxygen atoms in total. The van der Waals surface area contributed by atoms with E-state index in [-0.39, 0.29) is 23.8 Å². The summed E-state index contributed by atoms with van der Waals surface area (Å²) in [5, 5.41) is 0. The predicted molar refractivity (Wildman–Crippen MR) is 136 cm³/mol. The van der Waals surface area contributed by atoms with E-state index >= 15 is 0 Å². The zero-order valence-electron chi connectivity index (χ0n) is 21.4. The molecule has 0 N–H and O–H groups in total. The van der Waals surface area contributed by atoms with Crippen molar-refractivity contribution >= 4 is 5.97 Å². The molecular weight excluding hydrogens is 450 g/mol. The van der Waals surface area contributed by atoms with E-state index in [0.717, 1.165) is 18.9 Å². The minimum Gasteiger partial charge on any atom is -0.494 e. The fourth-order valence-corrected chi connectivity index (χ4v) is 3.70. The Morgan fingerprint density at radius 3 is 2.11 bits per heavy atom. The van der Waals surface area contributed by atoms with Crippen LogP contribution < -0.4 is 14.2 Å². The lowest BCUT2D eigenvalue weighted by Crippen LogP contribution is -2.16. The quantitative estimate of drug-likeness (QED) is 0.127. The van der Waals surface area contributed by atoms with Crippen molar-refractivity contribution in [1.82, 2.24) is 0 Å². The number of hydrogen-bond donors (Lipinski definition) is 0. The first-order chi connectivity index (χ1) is 16.9. The molecular formula is C29H40F2O4. The lowest BCUT2D eigenvalue weighted by atomic mass is 10.1. The maximum atomic E-state index is 14.3. The molecule has 2 aromatic carbocycles. The van der Waals surface area contributed by atoms with Gasteiger partial charge in [-0.15, -0.1) is 0 Å². The van der Waals surface area contributed by atoms with Crippen LogP contribution in [-0.4, -0.2) is 25.4 Å². The summed E-state index contributed by atoms with van der Waals surface area (Å²) in [4.78, 5) is 12.4. The van der Waals surface area contributed by atoms with E-state index in [1.807, 2.05) is 13.8 Å². The average molecular weight is 491 g/mol. The Balaban J connectivity index is 1.72. The second kappa shape index (κ2) is 16.1. The van der Waals surface area contributed by atoms with Gasteiger partial charge in [0.2, 0.25) is 0 Å². The van der Waals surface area contributed by atoms with Crippen LogP contribution in [0.1, 0.15) is 88.9 Å². The van der Waals surface area contributed by atoms with E-state index in [0.29, 0.717) is 24.5 Å². The Morgan fingerprint density at radius 2 is 1.49 bits per heavy atom. The summed E-state index contributed by atoms with van der Waals surface area (Å²) in [5.74, 6) is -0.280. The summed E-state index contributed by atoms with van der Waals surface area (Å²) in [6, 6.07) is 10.5. The van der Waals surface area contributed by atoms with Crippen LogP contribution in [-0.2, 0) is 0 Å². The molecule has 0 saturated carbocycles. The van der Waals surface area contributed by atoms with Crippen LogP contribution in [0.5, 0.6) is 17.2 Å². The SMILES string of the molecule is CCCCCCCCCCOc1ccc(OC(=O)c2ccc(OC[C@@H](F)CC(C)C)c(F)c2)cc1. The van der Waals surface area contributed by atoms with Gasteiger partial charge in [0.05, 0.1) is 12.2 Å². The zero-order valence-corrected chi connectivity index (χ0v) is 21.4. The van der Waals surface area contributed by atoms with E-state index in [2.05, 4.69) is 6.92 Å². The van der Waals surface area contributed by atoms with E-state index in [1.54, 1.807) is 24.3 Å². The van der Waals surface area contributed by atoms with Crippen molar-refractivity contribution in [3.63, 3.8) is 0 Å². The van der Waals surface area contributed by atoms with Gasteiger partial charge in [-0.2, -0.15) is 0 Å². The molecule has 0 radical (unpaired) electrons. The Labute approximate surface area is 209 Å². The number of carbonyl (C=O) groups is 1. The standard InChI is InChI=1S/C29H40F2O4/c1-4-5-6-7-8-9-10-11-18-33-25-13-15-26(16-14-25)35-29(32)23-12-17-28(27(31)20-23)34-21-24(30)19-22(2)3/h12-17,20,22,24H,4-11,18-19,21H2,1-3H3/t24-/m0/s1. The third-order valence-corrected chi connectivity index (χ3v) is 5.62. The van der Waals surface area contributed by atoms with Crippen LogP contribution in [0.4, 0.5) is 8.78 Å². The van der Waals surface area contributed by atoms with Crippen molar-refractivity contribution in [2.75, 3.05) is 13.2 Å². The smallest absolute Gasteiger partial charge is 0.343 e. The maximum Gasteiger partial charge on any atom is 0.343 e. The third kappa shape index (κ3) is 11.6. The molecule has 0 saturated heterocycles. The molecule has 0 aliphatic heterocycles. The Kier molecular flexibility index (Phi) is 13.2. The number of esters is 1. The molecule has 0 bridgehead atoms. The van der Waals surface area contributed by atoms with E-state index in [9.17, 15) is 13.6 Å². The molecule has 0 amide bonds. The van der Waals surface area contributed by atoms with Crippen molar-refractivity contribution in [2.45, 2.75) is 84.7 Å². The van der Waals surface area contributed by atoms with Crippen LogP contribution in [0.2, 0.25) is 0 Å². The van der Waals surface area contributed by atoms with Crippen molar-refractivity contribution in [3.8, 4) is 17.2 Å². The predicted octanol–water partition coefficient (Wildman–Crippen LogP) is 8.33. The molecule has 0 unspecified atom stereocenters. The van der Waals surface area contributed by atoms with Gasteiger partial charge >= 0.3 is 5.97 Å². The van der Waals surface area contributed by atoms with Crippen molar-refractivity contribution in [1.29, 1.82) is 0 Å². The third-order valence-electron chi connectivity index (χ3n) is 5.62. The topological polar surface area (TPSA) is 44.8 Å². The van der Waals surface area contributed by atoms with Gasteiger partial charge in [0.15, 0.2) is 11.6 Å². The summed E-state index contributed by atoms with van der Waals surface area (Å²) >= 11 is 0. The Hall–Kier alpha value is -2.63. The summed E-state index contributed by atoms with van der Waals surface area (Å²) in [5.41, 5.74) is 0.0452. The first-order valence-corrected chi connectivity index (χ1v) is 12.9. The lowest BCUT2D eigenvalue weighted by molar-refractivity contribution is 0.0733. The minimum absolute atomic E-state index is 0.0452. The Morgan fingerprint density at radius 1 is 0.857 bits per heavy atom. The molecule has 2 aromatic rings. The van der Waals surface area contributed by atoms with Crippen molar-refractivity contribution in [2.24, 2.45) is 5.92 Å². The van der Waals surface area contributed by atoms with Gasteiger partial charge in [0.25, 0.3) is 0 Å². The molecule has 2 rings (SSSR count). The van der Waals surface area contributed by atoms with Gasteiger partial charge in [-0.25, -0.2) is 13.6 Å².